The first-order valence-corrected chi connectivity index (χ1v) is 6.13. The average molecular weight is 224 g/mol. The van der Waals surface area contributed by atoms with Gasteiger partial charge in [0.05, 0.1) is 17.1 Å². The molecule has 1 aliphatic heterocycles. The van der Waals surface area contributed by atoms with Gasteiger partial charge in [-0.25, -0.2) is 0 Å². The van der Waals surface area contributed by atoms with Gasteiger partial charge in [-0.2, -0.15) is 5.26 Å². The number of nitrogens with zero attached hydrogens (tertiary/aromatic N) is 1. The van der Waals surface area contributed by atoms with Crippen LogP contribution in [-0.4, -0.2) is 24.8 Å². The lowest BCUT2D eigenvalue weighted by Gasteiger charge is -2.36. The second kappa shape index (κ2) is 5.16. The van der Waals surface area contributed by atoms with E-state index in [-0.39, 0.29) is 11.0 Å². The average Bonchev–Trinajstić information content (AvgIpc) is 2.16. The van der Waals surface area contributed by atoms with Gasteiger partial charge in [-0.15, -0.1) is 0 Å². The zero-order valence-electron chi connectivity index (χ0n) is 11.0. The minimum Gasteiger partial charge on any atom is -0.375 e. The van der Waals surface area contributed by atoms with Crippen LogP contribution < -0.4 is 5.32 Å². The summed E-state index contributed by atoms with van der Waals surface area (Å²) >= 11 is 0. The first-order valence-electron chi connectivity index (χ1n) is 6.13. The normalized spacial score (nSPS) is 25.1. The van der Waals surface area contributed by atoms with Gasteiger partial charge in [-0.05, 0) is 53.5 Å². The number of ether oxygens (including phenoxy) is 1. The highest BCUT2D eigenvalue weighted by atomic mass is 16.5. The molecule has 0 aromatic rings. The highest BCUT2D eigenvalue weighted by Crippen LogP contribution is 2.24. The van der Waals surface area contributed by atoms with Gasteiger partial charge in [0.15, 0.2) is 0 Å². The lowest BCUT2D eigenvalue weighted by atomic mass is 9.90. The third kappa shape index (κ3) is 4.51. The summed E-state index contributed by atoms with van der Waals surface area (Å²) in [6.45, 7) is 10.0. The molecular weight excluding hydrogens is 200 g/mol. The van der Waals surface area contributed by atoms with Crippen LogP contribution in [0.15, 0.2) is 0 Å². The quantitative estimate of drug-likeness (QED) is 0.798. The summed E-state index contributed by atoms with van der Waals surface area (Å²) in [5.41, 5.74) is -0.214. The van der Waals surface area contributed by atoms with Gasteiger partial charge >= 0.3 is 0 Å². The van der Waals surface area contributed by atoms with E-state index in [0.29, 0.717) is 6.04 Å². The number of nitriles is 1. The summed E-state index contributed by atoms with van der Waals surface area (Å²) in [7, 11) is 0. The zero-order chi connectivity index (χ0) is 12.2. The van der Waals surface area contributed by atoms with E-state index in [9.17, 15) is 0 Å². The van der Waals surface area contributed by atoms with Gasteiger partial charge in [-0.3, -0.25) is 0 Å². The van der Waals surface area contributed by atoms with Crippen molar-refractivity contribution in [2.45, 2.75) is 58.6 Å². The van der Waals surface area contributed by atoms with Crippen LogP contribution in [0.25, 0.3) is 0 Å². The van der Waals surface area contributed by atoms with Crippen molar-refractivity contribution in [2.24, 2.45) is 5.41 Å². The van der Waals surface area contributed by atoms with Gasteiger partial charge in [-0.1, -0.05) is 0 Å². The molecule has 0 radical (unpaired) electrons. The summed E-state index contributed by atoms with van der Waals surface area (Å²) in [6.07, 6.45) is 3.04. The van der Waals surface area contributed by atoms with E-state index in [2.05, 4.69) is 25.2 Å². The Labute approximate surface area is 99.2 Å². The minimum atomic E-state index is -0.215. The second-order valence-electron chi connectivity index (χ2n) is 6.00. The summed E-state index contributed by atoms with van der Waals surface area (Å²) in [6, 6.07) is 2.87. The fourth-order valence-electron chi connectivity index (χ4n) is 2.05. The first-order chi connectivity index (χ1) is 7.35. The van der Waals surface area contributed by atoms with Crippen molar-refractivity contribution in [3.05, 3.63) is 0 Å². The van der Waals surface area contributed by atoms with Crippen LogP contribution in [0.3, 0.4) is 0 Å². The number of rotatable bonds is 4. The van der Waals surface area contributed by atoms with Gasteiger partial charge in [0, 0.05) is 12.6 Å². The maximum Gasteiger partial charge on any atom is 0.0684 e. The van der Waals surface area contributed by atoms with E-state index in [1.165, 1.54) is 0 Å². The summed E-state index contributed by atoms with van der Waals surface area (Å²) in [5.74, 6) is 0. The summed E-state index contributed by atoms with van der Waals surface area (Å²) in [5, 5.41) is 12.5. The van der Waals surface area contributed by atoms with Crippen molar-refractivity contribution < 1.29 is 4.74 Å². The Morgan fingerprint density at radius 3 is 2.75 bits per heavy atom. The van der Waals surface area contributed by atoms with E-state index < -0.39 is 0 Å². The molecule has 92 valence electrons. The highest BCUT2D eigenvalue weighted by molar-refractivity contribution is 4.92. The molecule has 1 N–H and O–H groups in total. The number of nitrogens with one attached hydrogen (secondary N) is 1. The molecule has 1 fully saturated rings. The van der Waals surface area contributed by atoms with Gasteiger partial charge in [0.2, 0.25) is 0 Å². The Hall–Kier alpha value is -0.590. The van der Waals surface area contributed by atoms with E-state index >= 15 is 0 Å². The Morgan fingerprint density at radius 1 is 1.50 bits per heavy atom. The summed E-state index contributed by atoms with van der Waals surface area (Å²) in [4.78, 5) is 0. The van der Waals surface area contributed by atoms with Crippen LogP contribution in [0.1, 0.15) is 47.0 Å². The fraction of sp³-hybridized carbons (Fsp3) is 0.923. The van der Waals surface area contributed by atoms with E-state index in [1.807, 2.05) is 13.8 Å². The van der Waals surface area contributed by atoms with Gasteiger partial charge in [0.1, 0.15) is 0 Å². The van der Waals surface area contributed by atoms with Crippen molar-refractivity contribution in [1.82, 2.24) is 5.32 Å². The standard InChI is InChI=1S/C13H24N2O/c1-12(2,10-14)6-7-15-11-5-8-16-13(3,4)9-11/h11,15H,5-9H2,1-4H3. The van der Waals surface area contributed by atoms with Crippen LogP contribution in [0.4, 0.5) is 0 Å². The van der Waals surface area contributed by atoms with E-state index in [0.717, 1.165) is 32.4 Å². The molecule has 1 saturated heterocycles. The maximum absolute atomic E-state index is 8.92. The number of hydrogen-bond donors (Lipinski definition) is 1. The second-order valence-corrected chi connectivity index (χ2v) is 6.00. The molecule has 1 aliphatic rings. The maximum atomic E-state index is 8.92. The molecule has 1 atom stereocenters. The molecule has 1 heterocycles. The van der Waals surface area contributed by atoms with Crippen molar-refractivity contribution in [2.75, 3.05) is 13.2 Å². The highest BCUT2D eigenvalue weighted by Gasteiger charge is 2.28. The molecule has 0 spiro atoms. The van der Waals surface area contributed by atoms with Gasteiger partial charge in [0.25, 0.3) is 0 Å². The van der Waals surface area contributed by atoms with Crippen molar-refractivity contribution >= 4 is 0 Å². The topological polar surface area (TPSA) is 45.0 Å². The lowest BCUT2D eigenvalue weighted by Crippen LogP contribution is -2.44. The third-order valence-electron chi connectivity index (χ3n) is 3.18. The van der Waals surface area contributed by atoms with Crippen LogP contribution in [0.2, 0.25) is 0 Å². The SMILES string of the molecule is CC(C)(C#N)CCNC1CCOC(C)(C)C1. The molecular formula is C13H24N2O. The molecule has 0 bridgehead atoms. The Balaban J connectivity index is 2.26. The molecule has 0 aromatic heterocycles. The van der Waals surface area contributed by atoms with Crippen LogP contribution in [0, 0.1) is 16.7 Å². The predicted octanol–water partition coefficient (Wildman–Crippen LogP) is 2.47. The molecule has 1 rings (SSSR count). The summed E-state index contributed by atoms with van der Waals surface area (Å²) < 4.78 is 5.67. The molecule has 3 heteroatoms. The van der Waals surface area contributed by atoms with Crippen molar-refractivity contribution in [3.8, 4) is 6.07 Å². The van der Waals surface area contributed by atoms with Crippen LogP contribution in [-0.2, 0) is 4.74 Å². The Kier molecular flexibility index (Phi) is 4.35. The first kappa shape index (κ1) is 13.5. The molecule has 0 saturated carbocycles. The molecule has 0 aliphatic carbocycles. The Morgan fingerprint density at radius 2 is 2.19 bits per heavy atom. The van der Waals surface area contributed by atoms with Crippen molar-refractivity contribution in [1.29, 1.82) is 5.26 Å². The molecule has 3 nitrogen and oxygen atoms in total. The molecule has 1 unspecified atom stereocenters. The molecule has 16 heavy (non-hydrogen) atoms. The van der Waals surface area contributed by atoms with Crippen molar-refractivity contribution in [3.63, 3.8) is 0 Å². The monoisotopic (exact) mass is 224 g/mol. The van der Waals surface area contributed by atoms with Gasteiger partial charge < -0.3 is 10.1 Å². The zero-order valence-corrected chi connectivity index (χ0v) is 11.0. The van der Waals surface area contributed by atoms with E-state index in [1.54, 1.807) is 0 Å². The smallest absolute Gasteiger partial charge is 0.0684 e. The van der Waals surface area contributed by atoms with E-state index in [4.69, 9.17) is 10.00 Å². The molecule has 0 aromatic carbocycles. The minimum absolute atomic E-state index is 0.000658. The van der Waals surface area contributed by atoms with Crippen LogP contribution in [0.5, 0.6) is 0 Å². The third-order valence-corrected chi connectivity index (χ3v) is 3.18. The molecule has 0 amide bonds. The Bertz CT molecular complexity index is 266. The fourth-order valence-corrected chi connectivity index (χ4v) is 2.05. The lowest BCUT2D eigenvalue weighted by molar-refractivity contribution is -0.0629. The largest absolute Gasteiger partial charge is 0.375 e. The number of hydrogen-bond acceptors (Lipinski definition) is 3. The van der Waals surface area contributed by atoms with Crippen LogP contribution >= 0.6 is 0 Å². The predicted molar refractivity (Wildman–Crippen MR) is 65.1 cm³/mol.